The van der Waals surface area contributed by atoms with Gasteiger partial charge in [0.1, 0.15) is 11.3 Å². The molecule has 3 aromatic rings. The number of carboxylic acid groups (broad SMARTS) is 1. The molecule has 148 valence electrons. The van der Waals surface area contributed by atoms with E-state index in [1.807, 2.05) is 19.9 Å². The molecule has 0 saturated carbocycles. The molecule has 0 aliphatic rings. The highest BCUT2D eigenvalue weighted by Gasteiger charge is 2.18. The Morgan fingerprint density at radius 1 is 1.24 bits per heavy atom. The molecule has 0 radical (unpaired) electrons. The van der Waals surface area contributed by atoms with E-state index in [0.717, 1.165) is 17.3 Å². The Balaban J connectivity index is 2.17. The highest BCUT2D eigenvalue weighted by molar-refractivity contribution is 6.07. The van der Waals surface area contributed by atoms with Crippen LogP contribution in [0.3, 0.4) is 0 Å². The first-order valence-corrected chi connectivity index (χ1v) is 9.20. The molecule has 1 heterocycles. The maximum atomic E-state index is 12.7. The van der Waals surface area contributed by atoms with Crippen LogP contribution < -0.4 is 10.7 Å². The summed E-state index contributed by atoms with van der Waals surface area (Å²) < 4.78 is 6.03. The molecule has 2 aromatic carbocycles. The standard InChI is InChI=1S/C23H22N2O4/c1-4-15(12-24)21-11-20(26)18-10-13(2)9-17(22(18)29-21)14(3)25-19-8-6-5-7-16(19)23(27)28/h4-12,14,24-25H,1-3H3,(H,27,28)/b15-4+,24-12?. The second-order valence-electron chi connectivity index (χ2n) is 6.81. The van der Waals surface area contributed by atoms with E-state index >= 15 is 0 Å². The second-order valence-corrected chi connectivity index (χ2v) is 6.81. The number of para-hydroxylation sites is 1. The first-order chi connectivity index (χ1) is 13.8. The average molecular weight is 390 g/mol. The van der Waals surface area contributed by atoms with Crippen LogP contribution >= 0.6 is 0 Å². The third kappa shape index (κ3) is 3.96. The molecule has 0 fully saturated rings. The average Bonchev–Trinajstić information content (AvgIpc) is 2.69. The van der Waals surface area contributed by atoms with Gasteiger partial charge in [-0.2, -0.15) is 0 Å². The molecule has 0 aliphatic heterocycles. The Hall–Kier alpha value is -3.67. The van der Waals surface area contributed by atoms with Crippen molar-refractivity contribution in [3.05, 3.63) is 81.2 Å². The number of hydrogen-bond donors (Lipinski definition) is 3. The summed E-state index contributed by atoms with van der Waals surface area (Å²) in [5, 5.41) is 20.6. The zero-order valence-corrected chi connectivity index (χ0v) is 16.4. The largest absolute Gasteiger partial charge is 0.478 e. The number of rotatable bonds is 6. The van der Waals surface area contributed by atoms with Gasteiger partial charge in [0.2, 0.25) is 0 Å². The molecule has 3 N–H and O–H groups in total. The van der Waals surface area contributed by atoms with Crippen molar-refractivity contribution in [3.8, 4) is 0 Å². The van der Waals surface area contributed by atoms with Crippen LogP contribution in [0.4, 0.5) is 5.69 Å². The number of nitrogens with one attached hydrogen (secondary N) is 2. The fourth-order valence-corrected chi connectivity index (χ4v) is 3.30. The van der Waals surface area contributed by atoms with E-state index < -0.39 is 5.97 Å². The Morgan fingerprint density at radius 2 is 1.97 bits per heavy atom. The lowest BCUT2D eigenvalue weighted by molar-refractivity contribution is 0.0698. The predicted molar refractivity (Wildman–Crippen MR) is 115 cm³/mol. The summed E-state index contributed by atoms with van der Waals surface area (Å²) in [5.41, 5.74) is 3.02. The van der Waals surface area contributed by atoms with Gasteiger partial charge in [-0.05, 0) is 44.5 Å². The number of aromatic carboxylic acids is 1. The highest BCUT2D eigenvalue weighted by Crippen LogP contribution is 2.30. The van der Waals surface area contributed by atoms with Gasteiger partial charge in [-0.3, -0.25) is 4.79 Å². The van der Waals surface area contributed by atoms with E-state index in [0.29, 0.717) is 28.0 Å². The normalized spacial score (nSPS) is 12.6. The summed E-state index contributed by atoms with van der Waals surface area (Å²) in [5.74, 6) is -0.699. The number of anilines is 1. The van der Waals surface area contributed by atoms with Crippen molar-refractivity contribution in [3.63, 3.8) is 0 Å². The molecule has 29 heavy (non-hydrogen) atoms. The molecule has 1 aromatic heterocycles. The molecular formula is C23H22N2O4. The molecule has 0 amide bonds. The summed E-state index contributed by atoms with van der Waals surface area (Å²) in [6.45, 7) is 5.55. The van der Waals surface area contributed by atoms with E-state index in [-0.39, 0.29) is 17.0 Å². The maximum absolute atomic E-state index is 12.7. The number of hydrogen-bond acceptors (Lipinski definition) is 5. The van der Waals surface area contributed by atoms with Crippen LogP contribution in [0.5, 0.6) is 0 Å². The van der Waals surface area contributed by atoms with Crippen molar-refractivity contribution in [2.24, 2.45) is 0 Å². The minimum Gasteiger partial charge on any atom is -0.478 e. The Bertz CT molecular complexity index is 1190. The van der Waals surface area contributed by atoms with Gasteiger partial charge >= 0.3 is 5.97 Å². The van der Waals surface area contributed by atoms with Crippen LogP contribution in [0.15, 0.2) is 57.8 Å². The lowest BCUT2D eigenvalue weighted by Gasteiger charge is -2.19. The van der Waals surface area contributed by atoms with Crippen molar-refractivity contribution in [2.75, 3.05) is 5.32 Å². The zero-order chi connectivity index (χ0) is 21.1. The minimum atomic E-state index is -1.02. The highest BCUT2D eigenvalue weighted by atomic mass is 16.4. The van der Waals surface area contributed by atoms with Gasteiger partial charge in [0, 0.05) is 29.1 Å². The second kappa shape index (κ2) is 8.14. The van der Waals surface area contributed by atoms with Crippen LogP contribution in [0, 0.1) is 12.3 Å². The van der Waals surface area contributed by atoms with Gasteiger partial charge in [-0.15, -0.1) is 0 Å². The summed E-state index contributed by atoms with van der Waals surface area (Å²) in [4.78, 5) is 24.2. The van der Waals surface area contributed by atoms with Gasteiger partial charge in [0.15, 0.2) is 5.43 Å². The number of benzene rings is 2. The number of fused-ring (bicyclic) bond motifs is 1. The molecule has 6 nitrogen and oxygen atoms in total. The van der Waals surface area contributed by atoms with Crippen LogP contribution in [-0.4, -0.2) is 17.3 Å². The third-order valence-corrected chi connectivity index (χ3v) is 4.75. The van der Waals surface area contributed by atoms with E-state index in [9.17, 15) is 14.7 Å². The lowest BCUT2D eigenvalue weighted by Crippen LogP contribution is -2.13. The van der Waals surface area contributed by atoms with E-state index in [2.05, 4.69) is 5.32 Å². The first-order valence-electron chi connectivity index (χ1n) is 9.20. The van der Waals surface area contributed by atoms with Crippen LogP contribution in [0.25, 0.3) is 16.5 Å². The van der Waals surface area contributed by atoms with Crippen molar-refractivity contribution < 1.29 is 14.3 Å². The van der Waals surface area contributed by atoms with Gasteiger partial charge in [0.05, 0.1) is 17.0 Å². The molecule has 6 heteroatoms. The molecule has 0 saturated heterocycles. The van der Waals surface area contributed by atoms with E-state index in [4.69, 9.17) is 9.83 Å². The van der Waals surface area contributed by atoms with Crippen LogP contribution in [0.1, 0.15) is 47.1 Å². The summed E-state index contributed by atoms with van der Waals surface area (Å²) in [6.07, 6.45) is 2.85. The van der Waals surface area contributed by atoms with Gasteiger partial charge in [0.25, 0.3) is 0 Å². The van der Waals surface area contributed by atoms with Gasteiger partial charge < -0.3 is 20.2 Å². The summed E-state index contributed by atoms with van der Waals surface area (Å²) in [6, 6.07) is 11.4. The lowest BCUT2D eigenvalue weighted by atomic mass is 10.00. The Labute approximate surface area is 168 Å². The molecule has 0 bridgehead atoms. The minimum absolute atomic E-state index is 0.165. The predicted octanol–water partition coefficient (Wildman–Crippen LogP) is 5.03. The molecule has 3 rings (SSSR count). The van der Waals surface area contributed by atoms with Crippen molar-refractivity contribution >= 4 is 34.4 Å². The smallest absolute Gasteiger partial charge is 0.337 e. The number of carboxylic acids is 1. The van der Waals surface area contributed by atoms with Gasteiger partial charge in [-0.1, -0.05) is 24.3 Å². The summed E-state index contributed by atoms with van der Waals surface area (Å²) in [7, 11) is 0. The van der Waals surface area contributed by atoms with Gasteiger partial charge in [-0.25, -0.2) is 4.79 Å². The third-order valence-electron chi connectivity index (χ3n) is 4.75. The molecule has 1 unspecified atom stereocenters. The molecule has 0 aliphatic carbocycles. The topological polar surface area (TPSA) is 103 Å². The van der Waals surface area contributed by atoms with E-state index in [1.54, 1.807) is 37.3 Å². The SMILES string of the molecule is C/C=C(\C=N)c1cc(=O)c2cc(C)cc(C(C)Nc3ccccc3C(=O)O)c2o1. The molecule has 1 atom stereocenters. The Morgan fingerprint density at radius 3 is 2.62 bits per heavy atom. The molecule has 0 spiro atoms. The van der Waals surface area contributed by atoms with E-state index in [1.165, 1.54) is 12.1 Å². The number of carbonyl (C=O) groups is 1. The monoisotopic (exact) mass is 390 g/mol. The van der Waals surface area contributed by atoms with Crippen LogP contribution in [0.2, 0.25) is 0 Å². The van der Waals surface area contributed by atoms with Crippen molar-refractivity contribution in [2.45, 2.75) is 26.8 Å². The fourth-order valence-electron chi connectivity index (χ4n) is 3.30. The number of aryl methyl sites for hydroxylation is 1. The molecular weight excluding hydrogens is 368 g/mol. The zero-order valence-electron chi connectivity index (χ0n) is 16.4. The van der Waals surface area contributed by atoms with Crippen LogP contribution in [-0.2, 0) is 0 Å². The number of allylic oxidation sites excluding steroid dienone is 2. The maximum Gasteiger partial charge on any atom is 0.337 e. The summed E-state index contributed by atoms with van der Waals surface area (Å²) >= 11 is 0. The quantitative estimate of drug-likeness (QED) is 0.513. The van der Waals surface area contributed by atoms with Crippen molar-refractivity contribution in [1.29, 1.82) is 5.41 Å². The van der Waals surface area contributed by atoms with Crippen molar-refractivity contribution in [1.82, 2.24) is 0 Å². The fraction of sp³-hybridized carbons (Fsp3) is 0.174. The first kappa shape index (κ1) is 20.1. The Kier molecular flexibility index (Phi) is 5.64.